The Morgan fingerprint density at radius 3 is 2.73 bits per heavy atom. The molecule has 0 fully saturated rings. The Morgan fingerprint density at radius 1 is 1.53 bits per heavy atom. The summed E-state index contributed by atoms with van der Waals surface area (Å²) in [5.41, 5.74) is 5.49. The van der Waals surface area contributed by atoms with Gasteiger partial charge in [-0.1, -0.05) is 0 Å². The number of aliphatic hydroxyl groups is 1. The van der Waals surface area contributed by atoms with E-state index in [-0.39, 0.29) is 37.1 Å². The molecular formula is C8H11ClN2O4. The van der Waals surface area contributed by atoms with Crippen LogP contribution < -0.4 is 10.5 Å². The van der Waals surface area contributed by atoms with Gasteiger partial charge in [0.05, 0.1) is 11.5 Å². The molecule has 0 amide bonds. The number of halogens is 1. The Morgan fingerprint density at radius 2 is 2.20 bits per heavy atom. The molecule has 0 spiro atoms. The minimum atomic E-state index is -0.580. The summed E-state index contributed by atoms with van der Waals surface area (Å²) in [6, 6.07) is 4.12. The molecule has 3 N–H and O–H groups in total. The van der Waals surface area contributed by atoms with Gasteiger partial charge >= 0.3 is 5.69 Å². The summed E-state index contributed by atoms with van der Waals surface area (Å²) in [4.78, 5) is 9.96. The molecule has 84 valence electrons. The normalized spacial score (nSPS) is 9.13. The first-order chi connectivity index (χ1) is 6.65. The van der Waals surface area contributed by atoms with E-state index in [1.807, 2.05) is 0 Å². The molecule has 7 heteroatoms. The highest BCUT2D eigenvalue weighted by molar-refractivity contribution is 5.85. The molecule has 0 radical (unpaired) electrons. The first-order valence-corrected chi connectivity index (χ1v) is 3.92. The Kier molecular flexibility index (Phi) is 5.43. The molecular weight excluding hydrogens is 224 g/mol. The number of nitro benzene ring substituents is 1. The van der Waals surface area contributed by atoms with Gasteiger partial charge in [-0.15, -0.1) is 12.4 Å². The quantitative estimate of drug-likeness (QED) is 0.459. The van der Waals surface area contributed by atoms with Crippen molar-refractivity contribution in [2.45, 2.75) is 0 Å². The lowest BCUT2D eigenvalue weighted by molar-refractivity contribution is -0.385. The van der Waals surface area contributed by atoms with E-state index in [9.17, 15) is 10.1 Å². The van der Waals surface area contributed by atoms with Crippen molar-refractivity contribution in [2.24, 2.45) is 0 Å². The predicted molar refractivity (Wildman–Crippen MR) is 57.3 cm³/mol. The summed E-state index contributed by atoms with van der Waals surface area (Å²) in [5, 5.41) is 19.0. The van der Waals surface area contributed by atoms with Crippen molar-refractivity contribution in [3.05, 3.63) is 28.3 Å². The lowest BCUT2D eigenvalue weighted by Gasteiger charge is -2.04. The average molecular weight is 235 g/mol. The molecule has 0 atom stereocenters. The number of benzene rings is 1. The van der Waals surface area contributed by atoms with Gasteiger partial charge in [-0.25, -0.2) is 0 Å². The summed E-state index contributed by atoms with van der Waals surface area (Å²) in [6.07, 6.45) is 0. The number of nitrogen functional groups attached to an aromatic ring is 1. The van der Waals surface area contributed by atoms with Gasteiger partial charge in [0.25, 0.3) is 0 Å². The molecule has 0 aliphatic carbocycles. The molecule has 0 aliphatic heterocycles. The van der Waals surface area contributed by atoms with Gasteiger partial charge in [0.1, 0.15) is 6.61 Å². The number of nitrogens with zero attached hydrogens (tertiary/aromatic N) is 1. The van der Waals surface area contributed by atoms with Gasteiger partial charge in [0, 0.05) is 11.8 Å². The Labute approximate surface area is 92.2 Å². The van der Waals surface area contributed by atoms with E-state index in [1.165, 1.54) is 18.2 Å². The van der Waals surface area contributed by atoms with Crippen molar-refractivity contribution in [1.82, 2.24) is 0 Å². The smallest absolute Gasteiger partial charge is 0.312 e. The Bertz CT molecular complexity index is 345. The molecule has 0 saturated heterocycles. The molecule has 0 unspecified atom stereocenters. The maximum absolute atomic E-state index is 10.5. The van der Waals surface area contributed by atoms with Crippen molar-refractivity contribution >= 4 is 23.8 Å². The minimum absolute atomic E-state index is 0. The number of hydrogen-bond acceptors (Lipinski definition) is 5. The fourth-order valence-corrected chi connectivity index (χ4v) is 0.955. The summed E-state index contributed by atoms with van der Waals surface area (Å²) in [6.45, 7) is -0.174. The highest BCUT2D eigenvalue weighted by Crippen LogP contribution is 2.28. The molecule has 15 heavy (non-hydrogen) atoms. The van der Waals surface area contributed by atoms with Crippen molar-refractivity contribution in [3.8, 4) is 5.75 Å². The van der Waals surface area contributed by atoms with E-state index in [0.29, 0.717) is 5.69 Å². The second-order valence-electron chi connectivity index (χ2n) is 2.56. The van der Waals surface area contributed by atoms with Crippen LogP contribution >= 0.6 is 12.4 Å². The standard InChI is InChI=1S/C8H10N2O4.ClH/c9-6-1-2-8(14-4-3-11)7(5-6)10(12)13;/h1-2,5,11H,3-4,9H2;1H. The van der Waals surface area contributed by atoms with Crippen molar-refractivity contribution in [3.63, 3.8) is 0 Å². The van der Waals surface area contributed by atoms with Crippen LogP contribution in [0.5, 0.6) is 5.75 Å². The molecule has 0 aliphatic rings. The summed E-state index contributed by atoms with van der Waals surface area (Å²) in [5.74, 6) is 0.109. The van der Waals surface area contributed by atoms with Crippen LogP contribution in [0.25, 0.3) is 0 Å². The van der Waals surface area contributed by atoms with E-state index in [1.54, 1.807) is 0 Å². The van der Waals surface area contributed by atoms with Crippen LogP contribution in [0.3, 0.4) is 0 Å². The van der Waals surface area contributed by atoms with Crippen LogP contribution in [-0.2, 0) is 0 Å². The predicted octanol–water partition coefficient (Wildman–Crippen LogP) is 0.970. The average Bonchev–Trinajstić information content (AvgIpc) is 2.15. The third kappa shape index (κ3) is 3.61. The highest BCUT2D eigenvalue weighted by atomic mass is 35.5. The molecule has 1 aromatic rings. The number of nitro groups is 1. The molecule has 0 heterocycles. The molecule has 0 bridgehead atoms. The van der Waals surface area contributed by atoms with E-state index < -0.39 is 4.92 Å². The Hall–Kier alpha value is -1.53. The van der Waals surface area contributed by atoms with Crippen molar-refractivity contribution in [2.75, 3.05) is 18.9 Å². The summed E-state index contributed by atoms with van der Waals surface area (Å²) < 4.78 is 4.96. The van der Waals surface area contributed by atoms with Crippen LogP contribution in [0.1, 0.15) is 0 Å². The number of ether oxygens (including phenoxy) is 1. The minimum Gasteiger partial charge on any atom is -0.484 e. The van der Waals surface area contributed by atoms with Crippen LogP contribution in [0.15, 0.2) is 18.2 Å². The zero-order valence-electron chi connectivity index (χ0n) is 7.75. The second-order valence-corrected chi connectivity index (χ2v) is 2.56. The maximum Gasteiger partial charge on any atom is 0.312 e. The number of rotatable bonds is 4. The van der Waals surface area contributed by atoms with Gasteiger partial charge in [0.15, 0.2) is 5.75 Å². The van der Waals surface area contributed by atoms with Gasteiger partial charge in [0.2, 0.25) is 0 Å². The highest BCUT2D eigenvalue weighted by Gasteiger charge is 2.14. The number of anilines is 1. The van der Waals surface area contributed by atoms with Gasteiger partial charge in [-0.2, -0.15) is 0 Å². The van der Waals surface area contributed by atoms with Gasteiger partial charge in [-0.3, -0.25) is 10.1 Å². The maximum atomic E-state index is 10.5. The fourth-order valence-electron chi connectivity index (χ4n) is 0.955. The van der Waals surface area contributed by atoms with Gasteiger partial charge in [-0.05, 0) is 12.1 Å². The van der Waals surface area contributed by atoms with Crippen LogP contribution in [0.2, 0.25) is 0 Å². The number of nitrogens with two attached hydrogens (primary N) is 1. The van der Waals surface area contributed by atoms with E-state index >= 15 is 0 Å². The van der Waals surface area contributed by atoms with E-state index in [2.05, 4.69) is 0 Å². The molecule has 6 nitrogen and oxygen atoms in total. The van der Waals surface area contributed by atoms with Crippen LogP contribution in [0, 0.1) is 10.1 Å². The lowest BCUT2D eigenvalue weighted by atomic mass is 10.2. The van der Waals surface area contributed by atoms with Crippen molar-refractivity contribution in [1.29, 1.82) is 0 Å². The first-order valence-electron chi connectivity index (χ1n) is 3.92. The van der Waals surface area contributed by atoms with Crippen LogP contribution in [-0.4, -0.2) is 23.2 Å². The summed E-state index contributed by atoms with van der Waals surface area (Å²) >= 11 is 0. The monoisotopic (exact) mass is 234 g/mol. The Balaban J connectivity index is 0.00000196. The molecule has 0 saturated carbocycles. The van der Waals surface area contributed by atoms with Crippen molar-refractivity contribution < 1.29 is 14.8 Å². The van der Waals surface area contributed by atoms with E-state index in [4.69, 9.17) is 15.6 Å². The number of hydrogen-bond donors (Lipinski definition) is 2. The third-order valence-corrected chi connectivity index (χ3v) is 1.53. The SMILES string of the molecule is Cl.Nc1ccc(OCCO)c([N+](=O)[O-])c1. The topological polar surface area (TPSA) is 98.6 Å². The first kappa shape index (κ1) is 13.5. The largest absolute Gasteiger partial charge is 0.484 e. The molecule has 1 aromatic carbocycles. The zero-order chi connectivity index (χ0) is 10.6. The molecule has 0 aromatic heterocycles. The van der Waals surface area contributed by atoms with Gasteiger partial charge < -0.3 is 15.6 Å². The fraction of sp³-hybridized carbons (Fsp3) is 0.250. The number of aliphatic hydroxyl groups excluding tert-OH is 1. The second kappa shape index (κ2) is 6.05. The lowest BCUT2D eigenvalue weighted by Crippen LogP contribution is -2.04. The van der Waals surface area contributed by atoms with Crippen LogP contribution in [0.4, 0.5) is 11.4 Å². The van der Waals surface area contributed by atoms with E-state index in [0.717, 1.165) is 0 Å². The zero-order valence-corrected chi connectivity index (χ0v) is 8.57. The summed E-state index contributed by atoms with van der Waals surface area (Å²) in [7, 11) is 0. The molecule has 1 rings (SSSR count). The third-order valence-electron chi connectivity index (χ3n) is 1.53.